The molecule has 4 heteroatoms. The quantitative estimate of drug-likeness (QED) is 0.825. The van der Waals surface area contributed by atoms with Crippen LogP contribution in [0.1, 0.15) is 6.42 Å². The summed E-state index contributed by atoms with van der Waals surface area (Å²) in [5.74, 6) is 0.600. The Morgan fingerprint density at radius 1 is 1.56 bits per heavy atom. The summed E-state index contributed by atoms with van der Waals surface area (Å²) in [4.78, 5) is 2.28. The fraction of sp³-hybridized carbons (Fsp3) is 0.500. The molecule has 1 aliphatic rings. The zero-order chi connectivity index (χ0) is 11.5. The molecule has 1 unspecified atom stereocenters. The second-order valence-corrected chi connectivity index (χ2v) is 4.64. The summed E-state index contributed by atoms with van der Waals surface area (Å²) >= 11 is 6.01. The molecule has 0 bridgehead atoms. The van der Waals surface area contributed by atoms with E-state index in [0.717, 1.165) is 31.8 Å². The Morgan fingerprint density at radius 2 is 2.38 bits per heavy atom. The van der Waals surface area contributed by atoms with Crippen molar-refractivity contribution in [2.45, 2.75) is 6.42 Å². The Morgan fingerprint density at radius 3 is 3.12 bits per heavy atom. The number of ether oxygens (including phenoxy) is 1. The third-order valence-corrected chi connectivity index (χ3v) is 3.39. The fourth-order valence-electron chi connectivity index (χ4n) is 2.22. The number of para-hydroxylation sites is 1. The molecule has 0 saturated carbocycles. The predicted molar refractivity (Wildman–Crippen MR) is 68.1 cm³/mol. The molecule has 0 amide bonds. The molecule has 1 heterocycles. The molecule has 3 nitrogen and oxygen atoms in total. The molecule has 1 aromatic carbocycles. The summed E-state index contributed by atoms with van der Waals surface area (Å²) in [7, 11) is 1.75. The van der Waals surface area contributed by atoms with Crippen molar-refractivity contribution < 1.29 is 4.74 Å². The lowest BCUT2D eigenvalue weighted by atomic mass is 10.1. The Bertz CT molecular complexity index is 370. The predicted octanol–water partition coefficient (Wildman–Crippen LogP) is 2.39. The van der Waals surface area contributed by atoms with E-state index in [1.807, 2.05) is 18.2 Å². The lowest BCUT2D eigenvalue weighted by Gasteiger charge is -2.21. The maximum absolute atomic E-state index is 6.01. The monoisotopic (exact) mass is 240 g/mol. The number of anilines is 2. The van der Waals surface area contributed by atoms with Crippen LogP contribution >= 0.6 is 11.6 Å². The zero-order valence-electron chi connectivity index (χ0n) is 9.45. The van der Waals surface area contributed by atoms with Crippen molar-refractivity contribution in [3.8, 4) is 0 Å². The summed E-state index contributed by atoms with van der Waals surface area (Å²) < 4.78 is 5.18. The number of hydrogen-bond donors (Lipinski definition) is 1. The van der Waals surface area contributed by atoms with Crippen LogP contribution in [0.15, 0.2) is 18.2 Å². The highest BCUT2D eigenvalue weighted by atomic mass is 35.5. The van der Waals surface area contributed by atoms with Gasteiger partial charge in [0.1, 0.15) is 0 Å². The average molecular weight is 241 g/mol. The van der Waals surface area contributed by atoms with Gasteiger partial charge in [-0.05, 0) is 18.6 Å². The van der Waals surface area contributed by atoms with Gasteiger partial charge in [0.25, 0.3) is 0 Å². The number of hydrogen-bond acceptors (Lipinski definition) is 3. The maximum atomic E-state index is 6.01. The van der Waals surface area contributed by atoms with Crippen LogP contribution in [-0.2, 0) is 4.74 Å². The molecule has 0 radical (unpaired) electrons. The number of nitrogen functional groups attached to an aromatic ring is 1. The molecule has 1 fully saturated rings. The molecule has 1 saturated heterocycles. The summed E-state index contributed by atoms with van der Waals surface area (Å²) in [6, 6.07) is 5.79. The molecule has 16 heavy (non-hydrogen) atoms. The molecule has 1 aliphatic heterocycles. The lowest BCUT2D eigenvalue weighted by molar-refractivity contribution is 0.161. The van der Waals surface area contributed by atoms with Gasteiger partial charge in [0, 0.05) is 26.1 Å². The van der Waals surface area contributed by atoms with E-state index in [0.29, 0.717) is 16.6 Å². The number of halogens is 1. The van der Waals surface area contributed by atoms with Crippen molar-refractivity contribution in [2.24, 2.45) is 5.92 Å². The van der Waals surface area contributed by atoms with E-state index in [2.05, 4.69) is 4.90 Å². The second-order valence-electron chi connectivity index (χ2n) is 4.23. The first-order chi connectivity index (χ1) is 7.72. The van der Waals surface area contributed by atoms with E-state index in [1.165, 1.54) is 0 Å². The minimum absolute atomic E-state index is 0.600. The number of nitrogens with two attached hydrogens (primary N) is 1. The standard InChI is InChI=1S/C12H17ClN2O/c1-16-8-9-5-6-15(7-9)11-4-2-3-10(13)12(11)14/h2-4,9H,5-8,14H2,1H3. The number of nitrogens with zero attached hydrogens (tertiary/aromatic N) is 1. The fourth-order valence-corrected chi connectivity index (χ4v) is 2.39. The molecular formula is C12H17ClN2O. The molecule has 2 rings (SSSR count). The van der Waals surface area contributed by atoms with Crippen LogP contribution in [0.4, 0.5) is 11.4 Å². The van der Waals surface area contributed by atoms with Crippen LogP contribution in [-0.4, -0.2) is 26.8 Å². The minimum Gasteiger partial charge on any atom is -0.396 e. The third-order valence-electron chi connectivity index (χ3n) is 3.06. The molecule has 88 valence electrons. The van der Waals surface area contributed by atoms with E-state index in [4.69, 9.17) is 22.1 Å². The smallest absolute Gasteiger partial charge is 0.0741 e. The zero-order valence-corrected chi connectivity index (χ0v) is 10.2. The lowest BCUT2D eigenvalue weighted by Crippen LogP contribution is -2.22. The van der Waals surface area contributed by atoms with Gasteiger partial charge in [0.15, 0.2) is 0 Å². The van der Waals surface area contributed by atoms with Gasteiger partial charge in [-0.1, -0.05) is 17.7 Å². The first-order valence-corrected chi connectivity index (χ1v) is 5.88. The largest absolute Gasteiger partial charge is 0.396 e. The van der Waals surface area contributed by atoms with E-state index >= 15 is 0 Å². The van der Waals surface area contributed by atoms with Crippen molar-refractivity contribution >= 4 is 23.0 Å². The first-order valence-electron chi connectivity index (χ1n) is 5.50. The van der Waals surface area contributed by atoms with Crippen LogP contribution in [0.25, 0.3) is 0 Å². The van der Waals surface area contributed by atoms with E-state index in [9.17, 15) is 0 Å². The van der Waals surface area contributed by atoms with Crippen LogP contribution in [0.2, 0.25) is 5.02 Å². The Labute approximate surface area is 101 Å². The molecule has 0 spiro atoms. The van der Waals surface area contributed by atoms with E-state index < -0.39 is 0 Å². The summed E-state index contributed by atoms with van der Waals surface area (Å²) in [5.41, 5.74) is 7.71. The average Bonchev–Trinajstić information content (AvgIpc) is 2.71. The highest BCUT2D eigenvalue weighted by molar-refractivity contribution is 6.33. The Balaban J connectivity index is 2.11. The van der Waals surface area contributed by atoms with Gasteiger partial charge in [-0.2, -0.15) is 0 Å². The summed E-state index contributed by atoms with van der Waals surface area (Å²) in [6.07, 6.45) is 1.15. The van der Waals surface area contributed by atoms with Crippen molar-refractivity contribution in [3.05, 3.63) is 23.2 Å². The van der Waals surface area contributed by atoms with Crippen molar-refractivity contribution in [1.29, 1.82) is 0 Å². The highest BCUT2D eigenvalue weighted by Gasteiger charge is 2.24. The molecule has 1 aromatic rings. The van der Waals surface area contributed by atoms with Gasteiger partial charge in [-0.15, -0.1) is 0 Å². The number of rotatable bonds is 3. The maximum Gasteiger partial charge on any atom is 0.0741 e. The minimum atomic E-state index is 0.600. The van der Waals surface area contributed by atoms with Gasteiger partial charge in [0.05, 0.1) is 23.0 Å². The summed E-state index contributed by atoms with van der Waals surface area (Å²) in [5, 5.41) is 0.632. The highest BCUT2D eigenvalue weighted by Crippen LogP contribution is 2.33. The SMILES string of the molecule is COCC1CCN(c2cccc(Cl)c2N)C1. The van der Waals surface area contributed by atoms with Crippen molar-refractivity contribution in [3.63, 3.8) is 0 Å². The van der Waals surface area contributed by atoms with Gasteiger partial charge in [-0.25, -0.2) is 0 Å². The van der Waals surface area contributed by atoms with Crippen molar-refractivity contribution in [2.75, 3.05) is 37.4 Å². The van der Waals surface area contributed by atoms with E-state index in [1.54, 1.807) is 7.11 Å². The van der Waals surface area contributed by atoms with Crippen LogP contribution in [0, 0.1) is 5.92 Å². The van der Waals surface area contributed by atoms with Gasteiger partial charge >= 0.3 is 0 Å². The summed E-state index contributed by atoms with van der Waals surface area (Å²) in [6.45, 7) is 2.84. The Hall–Kier alpha value is -0.930. The topological polar surface area (TPSA) is 38.5 Å². The molecular weight excluding hydrogens is 224 g/mol. The number of methoxy groups -OCH3 is 1. The van der Waals surface area contributed by atoms with Crippen molar-refractivity contribution in [1.82, 2.24) is 0 Å². The molecule has 0 aromatic heterocycles. The van der Waals surface area contributed by atoms with Crippen LogP contribution in [0.3, 0.4) is 0 Å². The Kier molecular flexibility index (Phi) is 3.56. The van der Waals surface area contributed by atoms with Gasteiger partial charge in [-0.3, -0.25) is 0 Å². The van der Waals surface area contributed by atoms with Gasteiger partial charge in [0.2, 0.25) is 0 Å². The molecule has 2 N–H and O–H groups in total. The molecule has 1 atom stereocenters. The molecule has 0 aliphatic carbocycles. The third kappa shape index (κ3) is 2.25. The normalized spacial score (nSPS) is 20.4. The van der Waals surface area contributed by atoms with Crippen LogP contribution < -0.4 is 10.6 Å². The first kappa shape index (κ1) is 11.6. The number of benzene rings is 1. The van der Waals surface area contributed by atoms with Crippen LogP contribution in [0.5, 0.6) is 0 Å². The van der Waals surface area contributed by atoms with Gasteiger partial charge < -0.3 is 15.4 Å². The van der Waals surface area contributed by atoms with E-state index in [-0.39, 0.29) is 0 Å². The second kappa shape index (κ2) is 4.93.